The van der Waals surface area contributed by atoms with E-state index in [2.05, 4.69) is 15.0 Å². The zero-order chi connectivity index (χ0) is 24.8. The Morgan fingerprint density at radius 2 is 1.97 bits per heavy atom. The fraction of sp³-hybridized carbons (Fsp3) is 0.650. The molecule has 184 valence electrons. The maximum atomic E-state index is 13.4. The molecule has 1 saturated heterocycles. The highest BCUT2D eigenvalue weighted by Crippen LogP contribution is 2.59. The second-order valence-electron chi connectivity index (χ2n) is 8.75. The van der Waals surface area contributed by atoms with Crippen LogP contribution in [0.4, 0.5) is 4.39 Å². The van der Waals surface area contributed by atoms with Crippen molar-refractivity contribution in [2.45, 2.75) is 82.3 Å². The Morgan fingerprint density at radius 3 is 2.58 bits per heavy atom. The number of hydrogen-bond donors (Lipinski definition) is 5. The van der Waals surface area contributed by atoms with Crippen LogP contribution in [-0.4, -0.2) is 64.4 Å². The molecule has 3 aliphatic heterocycles. The molecule has 13 heteroatoms. The summed E-state index contributed by atoms with van der Waals surface area (Å²) in [7, 11) is -4.45. The Kier molecular flexibility index (Phi) is 7.43. The summed E-state index contributed by atoms with van der Waals surface area (Å²) >= 11 is 5.27. The first-order valence-corrected chi connectivity index (χ1v) is 12.5. The molecule has 0 aliphatic carbocycles. The van der Waals surface area contributed by atoms with Gasteiger partial charge in [-0.2, -0.15) is 4.39 Å². The van der Waals surface area contributed by atoms with Crippen LogP contribution in [0.15, 0.2) is 12.3 Å². The van der Waals surface area contributed by atoms with Crippen molar-refractivity contribution in [2.24, 2.45) is 0 Å². The Bertz CT molecular complexity index is 1090. The van der Waals surface area contributed by atoms with Crippen molar-refractivity contribution >= 4 is 19.8 Å². The summed E-state index contributed by atoms with van der Waals surface area (Å²) in [4.78, 5) is 20.8. The zero-order valence-electron chi connectivity index (χ0n) is 18.7. The lowest BCUT2D eigenvalue weighted by Crippen LogP contribution is -2.40. The number of aromatic nitrogens is 3. The van der Waals surface area contributed by atoms with Crippen LogP contribution in [0.3, 0.4) is 0 Å². The van der Waals surface area contributed by atoms with E-state index in [9.17, 15) is 29.2 Å². The summed E-state index contributed by atoms with van der Waals surface area (Å²) < 4.78 is 37.6. The van der Waals surface area contributed by atoms with Crippen LogP contribution in [0.1, 0.15) is 58.6 Å². The standard InChI is InChI=1S/C20H29FN3O7PS/c1-5-19(3,31-32(28,29)20(4,27)6-2)8-12-14(25)15(26)16(30-12)10-7-11-17(24-18(10)33)23-13(21)9-22-11/h7,9,12,14-16,25-27H,5-6,8H2,1-4H3,(H,28,29)(H,23,24,33)/t12-,14?,15+,16+,19?,20?/m1/s1. The van der Waals surface area contributed by atoms with Crippen molar-refractivity contribution in [1.82, 2.24) is 15.0 Å². The van der Waals surface area contributed by atoms with Gasteiger partial charge in [0.05, 0.1) is 17.9 Å². The van der Waals surface area contributed by atoms with Crippen LogP contribution in [0, 0.1) is 10.6 Å². The minimum atomic E-state index is -4.45. The van der Waals surface area contributed by atoms with Crippen molar-refractivity contribution in [3.63, 3.8) is 0 Å². The molecule has 0 radical (unpaired) electrons. The summed E-state index contributed by atoms with van der Waals surface area (Å²) in [6, 6.07) is 1.50. The number of aliphatic hydroxyl groups is 3. The summed E-state index contributed by atoms with van der Waals surface area (Å²) in [6.45, 7) is 6.08. The van der Waals surface area contributed by atoms with Gasteiger partial charge in [0, 0.05) is 12.0 Å². The molecule has 3 aliphatic rings. The van der Waals surface area contributed by atoms with Gasteiger partial charge in [0.25, 0.3) is 0 Å². The van der Waals surface area contributed by atoms with E-state index in [1.165, 1.54) is 13.0 Å². The zero-order valence-corrected chi connectivity index (χ0v) is 20.4. The molecule has 10 nitrogen and oxygen atoms in total. The smallest absolute Gasteiger partial charge is 0.359 e. The molecule has 7 atom stereocenters. The van der Waals surface area contributed by atoms with Gasteiger partial charge < -0.3 is 34.5 Å². The van der Waals surface area contributed by atoms with E-state index in [1.54, 1.807) is 20.8 Å². The maximum Gasteiger partial charge on any atom is 0.359 e. The third kappa shape index (κ3) is 5.18. The number of ether oxygens (including phenoxy) is 1. The molecule has 0 bridgehead atoms. The first-order chi connectivity index (χ1) is 15.2. The van der Waals surface area contributed by atoms with Crippen molar-refractivity contribution < 1.29 is 38.4 Å². The minimum absolute atomic E-state index is 0.00412. The molecule has 4 unspecified atom stereocenters. The highest BCUT2D eigenvalue weighted by atomic mass is 32.1. The van der Waals surface area contributed by atoms with Gasteiger partial charge in [-0.15, -0.1) is 0 Å². The van der Waals surface area contributed by atoms with Gasteiger partial charge in [-0.1, -0.05) is 26.1 Å². The Hall–Kier alpha value is -1.37. The number of pyridine rings is 1. The monoisotopic (exact) mass is 505 g/mol. The number of rotatable bonds is 8. The number of hydrogen-bond acceptors (Lipinski definition) is 9. The summed E-state index contributed by atoms with van der Waals surface area (Å²) in [6.07, 6.45) is -3.57. The van der Waals surface area contributed by atoms with E-state index in [-0.39, 0.29) is 29.7 Å². The minimum Gasteiger partial charge on any atom is -0.388 e. The topological polar surface area (TPSA) is 158 Å². The Labute approximate surface area is 195 Å². The molecule has 3 heterocycles. The fourth-order valence-electron chi connectivity index (χ4n) is 3.61. The largest absolute Gasteiger partial charge is 0.388 e. The lowest BCUT2D eigenvalue weighted by Gasteiger charge is -2.37. The summed E-state index contributed by atoms with van der Waals surface area (Å²) in [5.74, 6) is -0.561. The third-order valence-electron chi connectivity index (χ3n) is 6.22. The number of H-pyrrole nitrogens is 1. The number of nitrogens with one attached hydrogen (secondary N) is 1. The number of fused-ring (bicyclic) bond motifs is 1. The first kappa shape index (κ1) is 26.2. The van der Waals surface area contributed by atoms with Gasteiger partial charge in [-0.25, -0.2) is 9.97 Å². The van der Waals surface area contributed by atoms with Crippen molar-refractivity contribution in [2.75, 3.05) is 0 Å². The van der Waals surface area contributed by atoms with E-state index >= 15 is 0 Å². The maximum absolute atomic E-state index is 13.4. The van der Waals surface area contributed by atoms with Crippen LogP contribution in [0.2, 0.25) is 0 Å². The van der Waals surface area contributed by atoms with Gasteiger partial charge >= 0.3 is 7.60 Å². The highest BCUT2D eigenvalue weighted by Gasteiger charge is 2.50. The van der Waals surface area contributed by atoms with Crippen molar-refractivity contribution in [3.8, 4) is 11.5 Å². The van der Waals surface area contributed by atoms with Crippen LogP contribution >= 0.6 is 19.8 Å². The molecule has 3 rings (SSSR count). The fourth-order valence-corrected chi connectivity index (χ4v) is 5.27. The SMILES string of the molecule is CCC(C)(C[C@H]1O[C@@H](c2cc3ncc(F)[nH]c-3nc2=S)[C@@H](O)C1O)OP(=O)(O)C(C)(O)CC. The second-order valence-corrected chi connectivity index (χ2v) is 11.3. The van der Waals surface area contributed by atoms with Crippen LogP contribution in [0.25, 0.3) is 11.5 Å². The molecule has 5 N–H and O–H groups in total. The number of halogens is 1. The molecule has 1 fully saturated rings. The van der Waals surface area contributed by atoms with Gasteiger partial charge in [0.2, 0.25) is 5.95 Å². The third-order valence-corrected chi connectivity index (χ3v) is 8.77. The molecule has 0 spiro atoms. The van der Waals surface area contributed by atoms with Gasteiger partial charge in [0.1, 0.15) is 28.6 Å². The van der Waals surface area contributed by atoms with Crippen molar-refractivity contribution in [1.29, 1.82) is 0 Å². The van der Waals surface area contributed by atoms with E-state index in [4.69, 9.17) is 21.5 Å². The first-order valence-electron chi connectivity index (χ1n) is 10.6. The second kappa shape index (κ2) is 9.35. The van der Waals surface area contributed by atoms with E-state index in [0.29, 0.717) is 11.3 Å². The van der Waals surface area contributed by atoms with E-state index < -0.39 is 48.9 Å². The van der Waals surface area contributed by atoms with E-state index in [1.807, 2.05) is 0 Å². The van der Waals surface area contributed by atoms with Crippen molar-refractivity contribution in [3.05, 3.63) is 28.4 Å². The lowest BCUT2D eigenvalue weighted by molar-refractivity contribution is -0.0532. The Balaban J connectivity index is 1.86. The molecular formula is C20H29FN3O7PS. The molecule has 0 aromatic carbocycles. The highest BCUT2D eigenvalue weighted by molar-refractivity contribution is 7.71. The number of aromatic amines is 1. The molecule has 0 aromatic rings. The quantitative estimate of drug-likeness (QED) is 0.267. The van der Waals surface area contributed by atoms with E-state index in [0.717, 1.165) is 6.20 Å². The van der Waals surface area contributed by atoms with Gasteiger partial charge in [0.15, 0.2) is 11.2 Å². The molecular weight excluding hydrogens is 476 g/mol. The summed E-state index contributed by atoms with van der Waals surface area (Å²) in [5.41, 5.74) is -0.672. The van der Waals surface area contributed by atoms with Crippen LogP contribution in [-0.2, 0) is 13.8 Å². The number of aliphatic hydroxyl groups excluding tert-OH is 2. The average Bonchev–Trinajstić information content (AvgIpc) is 3.00. The molecule has 0 aromatic heterocycles. The molecule has 33 heavy (non-hydrogen) atoms. The summed E-state index contributed by atoms with van der Waals surface area (Å²) in [5, 5.41) is 29.7. The predicted octanol–water partition coefficient (Wildman–Crippen LogP) is 2.82. The normalized spacial score (nSPS) is 28.9. The number of nitrogens with zero attached hydrogens (tertiary/aromatic N) is 2. The lowest BCUT2D eigenvalue weighted by atomic mass is 9.92. The molecule has 0 amide bonds. The molecule has 0 saturated carbocycles. The van der Waals surface area contributed by atoms with Crippen LogP contribution in [0.5, 0.6) is 0 Å². The average molecular weight is 506 g/mol. The Morgan fingerprint density at radius 1 is 1.30 bits per heavy atom. The van der Waals surface area contributed by atoms with Crippen LogP contribution < -0.4 is 0 Å². The van der Waals surface area contributed by atoms with Gasteiger partial charge in [-0.3, -0.25) is 4.57 Å². The van der Waals surface area contributed by atoms with Gasteiger partial charge in [-0.05, 0) is 32.8 Å². The predicted molar refractivity (Wildman–Crippen MR) is 119 cm³/mol.